The van der Waals surface area contributed by atoms with Crippen LogP contribution < -0.4 is 16.0 Å². The summed E-state index contributed by atoms with van der Waals surface area (Å²) in [5.41, 5.74) is 0.160. The summed E-state index contributed by atoms with van der Waals surface area (Å²) in [4.78, 5) is 34.4. The second-order valence-corrected chi connectivity index (χ2v) is 4.80. The molecule has 1 aromatic rings. The number of amides is 3. The van der Waals surface area contributed by atoms with E-state index < -0.39 is 11.7 Å². The fraction of sp³-hybridized carbons (Fsp3) is 0.357. The Kier molecular flexibility index (Phi) is 4.86. The van der Waals surface area contributed by atoms with Crippen LogP contribution in [0.25, 0.3) is 0 Å². The maximum absolute atomic E-state index is 13.0. The second kappa shape index (κ2) is 6.83. The third kappa shape index (κ3) is 4.55. The summed E-state index contributed by atoms with van der Waals surface area (Å²) in [6, 6.07) is 5.11. The van der Waals surface area contributed by atoms with Gasteiger partial charge in [0.1, 0.15) is 5.82 Å². The molecule has 1 aliphatic heterocycles. The fourth-order valence-electron chi connectivity index (χ4n) is 2.03. The van der Waals surface area contributed by atoms with Gasteiger partial charge in [0.15, 0.2) is 0 Å². The molecule has 0 aromatic heterocycles. The van der Waals surface area contributed by atoms with Gasteiger partial charge in [-0.05, 0) is 24.6 Å². The summed E-state index contributed by atoms with van der Waals surface area (Å²) in [5.74, 6) is -1.40. The van der Waals surface area contributed by atoms with Crippen LogP contribution in [0.2, 0.25) is 0 Å². The van der Waals surface area contributed by atoms with Crippen molar-refractivity contribution in [3.8, 4) is 0 Å². The monoisotopic (exact) mass is 293 g/mol. The van der Waals surface area contributed by atoms with E-state index in [1.54, 1.807) is 0 Å². The van der Waals surface area contributed by atoms with Gasteiger partial charge < -0.3 is 16.0 Å². The van der Waals surface area contributed by atoms with E-state index in [9.17, 15) is 18.8 Å². The van der Waals surface area contributed by atoms with Crippen molar-refractivity contribution in [2.75, 3.05) is 13.1 Å². The van der Waals surface area contributed by atoms with Crippen LogP contribution in [0.15, 0.2) is 24.3 Å². The van der Waals surface area contributed by atoms with Crippen LogP contribution in [0.5, 0.6) is 0 Å². The van der Waals surface area contributed by atoms with E-state index in [4.69, 9.17) is 0 Å². The number of hydrogen-bond acceptors (Lipinski definition) is 3. The highest BCUT2D eigenvalue weighted by atomic mass is 19.1. The molecule has 21 heavy (non-hydrogen) atoms. The Morgan fingerprint density at radius 2 is 2.19 bits per heavy atom. The molecule has 0 saturated carbocycles. The highest BCUT2D eigenvalue weighted by Gasteiger charge is 2.19. The van der Waals surface area contributed by atoms with Crippen molar-refractivity contribution in [1.29, 1.82) is 0 Å². The molecule has 2 rings (SSSR count). The molecule has 112 valence electrons. The molecule has 1 heterocycles. The SMILES string of the molecule is O=C1CCC(NC(=O)CNC(=O)c2cccc(F)c2)CN1. The minimum atomic E-state index is -0.512. The molecule has 1 unspecified atom stereocenters. The van der Waals surface area contributed by atoms with Gasteiger partial charge in [-0.2, -0.15) is 0 Å². The minimum Gasteiger partial charge on any atom is -0.354 e. The van der Waals surface area contributed by atoms with Crippen LogP contribution in [0.3, 0.4) is 0 Å². The predicted molar refractivity (Wildman–Crippen MR) is 72.9 cm³/mol. The van der Waals surface area contributed by atoms with Crippen molar-refractivity contribution in [3.05, 3.63) is 35.6 Å². The van der Waals surface area contributed by atoms with E-state index in [1.807, 2.05) is 0 Å². The zero-order valence-electron chi connectivity index (χ0n) is 11.3. The maximum Gasteiger partial charge on any atom is 0.251 e. The summed E-state index contributed by atoms with van der Waals surface area (Å²) in [5, 5.41) is 7.79. The van der Waals surface area contributed by atoms with E-state index in [1.165, 1.54) is 18.2 Å². The maximum atomic E-state index is 13.0. The Balaban J connectivity index is 1.76. The molecule has 3 N–H and O–H groups in total. The van der Waals surface area contributed by atoms with Crippen molar-refractivity contribution < 1.29 is 18.8 Å². The number of benzene rings is 1. The number of halogens is 1. The number of hydrogen-bond donors (Lipinski definition) is 3. The molecule has 0 spiro atoms. The summed E-state index contributed by atoms with van der Waals surface area (Å²) >= 11 is 0. The molecule has 0 aliphatic carbocycles. The molecular formula is C14H16FN3O3. The van der Waals surface area contributed by atoms with Crippen LogP contribution in [-0.2, 0) is 9.59 Å². The Labute approximate surface area is 121 Å². The van der Waals surface area contributed by atoms with Gasteiger partial charge in [0.25, 0.3) is 5.91 Å². The summed E-state index contributed by atoms with van der Waals surface area (Å²) < 4.78 is 13.0. The van der Waals surface area contributed by atoms with Crippen LogP contribution in [0.4, 0.5) is 4.39 Å². The summed E-state index contributed by atoms with van der Waals surface area (Å²) in [7, 11) is 0. The quantitative estimate of drug-likeness (QED) is 0.727. The molecule has 1 saturated heterocycles. The van der Waals surface area contributed by atoms with Crippen molar-refractivity contribution in [2.45, 2.75) is 18.9 Å². The van der Waals surface area contributed by atoms with E-state index in [0.29, 0.717) is 19.4 Å². The minimum absolute atomic E-state index is 0.0279. The lowest BCUT2D eigenvalue weighted by atomic mass is 10.1. The smallest absolute Gasteiger partial charge is 0.251 e. The van der Waals surface area contributed by atoms with Gasteiger partial charge in [-0.3, -0.25) is 14.4 Å². The van der Waals surface area contributed by atoms with Crippen molar-refractivity contribution in [3.63, 3.8) is 0 Å². The predicted octanol–water partition coefficient (Wildman–Crippen LogP) is -0.0497. The zero-order chi connectivity index (χ0) is 15.2. The summed E-state index contributed by atoms with van der Waals surface area (Å²) in [6.45, 7) is 0.197. The fourth-order valence-corrected chi connectivity index (χ4v) is 2.03. The third-order valence-electron chi connectivity index (χ3n) is 3.13. The van der Waals surface area contributed by atoms with Crippen molar-refractivity contribution >= 4 is 17.7 Å². The van der Waals surface area contributed by atoms with Crippen LogP contribution in [0, 0.1) is 5.82 Å². The molecular weight excluding hydrogens is 277 g/mol. The molecule has 1 atom stereocenters. The first-order valence-corrected chi connectivity index (χ1v) is 6.64. The summed E-state index contributed by atoms with van der Waals surface area (Å²) in [6.07, 6.45) is 0.954. The van der Waals surface area contributed by atoms with Crippen LogP contribution in [0.1, 0.15) is 23.2 Å². The van der Waals surface area contributed by atoms with Gasteiger partial charge in [-0.1, -0.05) is 6.07 Å². The third-order valence-corrected chi connectivity index (χ3v) is 3.13. The normalized spacial score (nSPS) is 17.8. The van der Waals surface area contributed by atoms with Gasteiger partial charge >= 0.3 is 0 Å². The Morgan fingerprint density at radius 3 is 2.86 bits per heavy atom. The molecule has 1 fully saturated rings. The Morgan fingerprint density at radius 1 is 1.38 bits per heavy atom. The number of rotatable bonds is 4. The number of nitrogens with one attached hydrogen (secondary N) is 3. The van der Waals surface area contributed by atoms with Crippen LogP contribution >= 0.6 is 0 Å². The number of piperidine rings is 1. The lowest BCUT2D eigenvalue weighted by Gasteiger charge is -2.23. The average Bonchev–Trinajstić information content (AvgIpc) is 2.47. The Bertz CT molecular complexity index is 552. The topological polar surface area (TPSA) is 87.3 Å². The lowest BCUT2D eigenvalue weighted by Crippen LogP contribution is -2.50. The first kappa shape index (κ1) is 15.0. The standard InChI is InChI=1S/C14H16FN3O3/c15-10-3-1-2-9(6-10)14(21)17-8-13(20)18-11-4-5-12(19)16-7-11/h1-3,6,11H,4-5,7-8H2,(H,16,19)(H,17,21)(H,18,20). The van der Waals surface area contributed by atoms with Crippen LogP contribution in [-0.4, -0.2) is 36.9 Å². The molecule has 1 aromatic carbocycles. The van der Waals surface area contributed by atoms with E-state index in [2.05, 4.69) is 16.0 Å². The lowest BCUT2D eigenvalue weighted by molar-refractivity contribution is -0.125. The van der Waals surface area contributed by atoms with Gasteiger partial charge in [-0.15, -0.1) is 0 Å². The highest BCUT2D eigenvalue weighted by Crippen LogP contribution is 2.03. The van der Waals surface area contributed by atoms with E-state index >= 15 is 0 Å². The number of carbonyl (C=O) groups is 3. The van der Waals surface area contributed by atoms with Gasteiger partial charge in [-0.25, -0.2) is 4.39 Å². The molecule has 0 bridgehead atoms. The number of carbonyl (C=O) groups excluding carboxylic acids is 3. The average molecular weight is 293 g/mol. The van der Waals surface area contributed by atoms with Gasteiger partial charge in [0.2, 0.25) is 11.8 Å². The first-order chi connectivity index (χ1) is 10.0. The molecule has 0 radical (unpaired) electrons. The second-order valence-electron chi connectivity index (χ2n) is 4.80. The first-order valence-electron chi connectivity index (χ1n) is 6.64. The van der Waals surface area contributed by atoms with Gasteiger partial charge in [0, 0.05) is 24.6 Å². The van der Waals surface area contributed by atoms with E-state index in [0.717, 1.165) is 6.07 Å². The highest BCUT2D eigenvalue weighted by molar-refractivity contribution is 5.96. The molecule has 7 heteroatoms. The van der Waals surface area contributed by atoms with Crippen molar-refractivity contribution in [2.24, 2.45) is 0 Å². The van der Waals surface area contributed by atoms with E-state index in [-0.39, 0.29) is 30.0 Å². The van der Waals surface area contributed by atoms with Gasteiger partial charge in [0.05, 0.1) is 6.54 Å². The molecule has 3 amide bonds. The Hall–Kier alpha value is -2.44. The zero-order valence-corrected chi connectivity index (χ0v) is 11.3. The molecule has 6 nitrogen and oxygen atoms in total. The molecule has 1 aliphatic rings. The largest absolute Gasteiger partial charge is 0.354 e. The van der Waals surface area contributed by atoms with Crippen molar-refractivity contribution in [1.82, 2.24) is 16.0 Å².